The van der Waals surface area contributed by atoms with E-state index in [-0.39, 0.29) is 0 Å². The molecule has 0 radical (unpaired) electrons. The van der Waals surface area contributed by atoms with E-state index in [9.17, 15) is 4.79 Å². The highest BCUT2D eigenvalue weighted by Gasteiger charge is 2.14. The van der Waals surface area contributed by atoms with Gasteiger partial charge in [-0.1, -0.05) is 23.7 Å². The number of esters is 1. The number of anilines is 4. The zero-order chi connectivity index (χ0) is 20.1. The molecule has 0 saturated heterocycles. The molecule has 1 heterocycles. The van der Waals surface area contributed by atoms with Crippen LogP contribution in [0, 0.1) is 6.92 Å². The fourth-order valence-electron chi connectivity index (χ4n) is 2.71. The van der Waals surface area contributed by atoms with Gasteiger partial charge in [0.25, 0.3) is 5.95 Å². The lowest BCUT2D eigenvalue weighted by Crippen LogP contribution is -2.19. The molecule has 0 amide bonds. The molecular weight excluding hydrogens is 378 g/mol. The van der Waals surface area contributed by atoms with E-state index in [1.807, 2.05) is 36.9 Å². The van der Waals surface area contributed by atoms with Crippen LogP contribution in [0.4, 0.5) is 23.1 Å². The third kappa shape index (κ3) is 4.37. The summed E-state index contributed by atoms with van der Waals surface area (Å²) in [6.45, 7) is 4.72. The Bertz CT molecular complexity index is 996. The molecule has 0 aliphatic rings. The first kappa shape index (κ1) is 19.6. The molecule has 0 fully saturated rings. The number of hydrogen-bond acceptors (Lipinski definition) is 7. The second-order valence-corrected chi connectivity index (χ2v) is 6.44. The minimum Gasteiger partial charge on any atom is -0.465 e. The van der Waals surface area contributed by atoms with Crippen LogP contribution in [0.25, 0.3) is 0 Å². The number of benzene rings is 2. The molecular formula is C20H20ClN5O2. The number of carbonyl (C=O) groups is 1. The maximum Gasteiger partial charge on any atom is 0.337 e. The number of halogens is 1. The standard InChI is InChI=1S/C20H20ClN5O2/c1-4-26(15-7-5-6-13(2)10-15)20-24-18(12-22-25-20)23-17-11-14(19(27)28-3)8-9-16(17)21/h5-12H,4H2,1-3H3,(H,23,24,25). The topological polar surface area (TPSA) is 80.2 Å². The molecule has 28 heavy (non-hydrogen) atoms. The van der Waals surface area contributed by atoms with Gasteiger partial charge < -0.3 is 15.0 Å². The van der Waals surface area contributed by atoms with Gasteiger partial charge in [-0.15, -0.1) is 5.10 Å². The Hall–Kier alpha value is -3.19. The summed E-state index contributed by atoms with van der Waals surface area (Å²) in [5.74, 6) is 0.469. The van der Waals surface area contributed by atoms with Crippen molar-refractivity contribution in [3.63, 3.8) is 0 Å². The van der Waals surface area contributed by atoms with Crippen molar-refractivity contribution in [2.24, 2.45) is 0 Å². The third-order valence-corrected chi connectivity index (χ3v) is 4.40. The van der Waals surface area contributed by atoms with Crippen LogP contribution in [0.15, 0.2) is 48.7 Å². The monoisotopic (exact) mass is 397 g/mol. The van der Waals surface area contributed by atoms with Crippen molar-refractivity contribution < 1.29 is 9.53 Å². The zero-order valence-corrected chi connectivity index (χ0v) is 16.6. The second kappa shape index (κ2) is 8.67. The summed E-state index contributed by atoms with van der Waals surface area (Å²) in [5.41, 5.74) is 3.03. The smallest absolute Gasteiger partial charge is 0.337 e. The summed E-state index contributed by atoms with van der Waals surface area (Å²) in [5, 5.41) is 11.7. The number of aromatic nitrogens is 3. The number of nitrogens with one attached hydrogen (secondary N) is 1. The Labute approximate surface area is 168 Å². The van der Waals surface area contributed by atoms with E-state index in [1.165, 1.54) is 13.3 Å². The molecule has 7 nitrogen and oxygen atoms in total. The SMILES string of the molecule is CCN(c1cccc(C)c1)c1nncc(Nc2cc(C(=O)OC)ccc2Cl)n1. The van der Waals surface area contributed by atoms with Gasteiger partial charge in [-0.2, -0.15) is 10.1 Å². The summed E-state index contributed by atoms with van der Waals surface area (Å²) in [7, 11) is 1.33. The van der Waals surface area contributed by atoms with Crippen molar-refractivity contribution in [2.75, 3.05) is 23.9 Å². The summed E-state index contributed by atoms with van der Waals surface area (Å²) < 4.78 is 4.75. The van der Waals surface area contributed by atoms with Gasteiger partial charge in [-0.25, -0.2) is 4.79 Å². The Morgan fingerprint density at radius 2 is 2.07 bits per heavy atom. The molecule has 1 N–H and O–H groups in total. The number of hydrogen-bond donors (Lipinski definition) is 1. The predicted octanol–water partition coefficient (Wildman–Crippen LogP) is 4.52. The Balaban J connectivity index is 1.90. The molecule has 144 valence electrons. The van der Waals surface area contributed by atoms with E-state index in [0.717, 1.165) is 11.3 Å². The molecule has 3 rings (SSSR count). The minimum atomic E-state index is -0.446. The van der Waals surface area contributed by atoms with Gasteiger partial charge in [0.2, 0.25) is 0 Å². The lowest BCUT2D eigenvalue weighted by molar-refractivity contribution is 0.0601. The van der Waals surface area contributed by atoms with Crippen LogP contribution in [0.1, 0.15) is 22.8 Å². The molecule has 0 bridgehead atoms. The number of rotatable bonds is 6. The highest BCUT2D eigenvalue weighted by molar-refractivity contribution is 6.33. The van der Waals surface area contributed by atoms with E-state index in [4.69, 9.17) is 16.3 Å². The average molecular weight is 398 g/mol. The van der Waals surface area contributed by atoms with Gasteiger partial charge in [0.1, 0.15) is 0 Å². The van der Waals surface area contributed by atoms with Crippen LogP contribution in [0.3, 0.4) is 0 Å². The van der Waals surface area contributed by atoms with Crippen molar-refractivity contribution in [2.45, 2.75) is 13.8 Å². The van der Waals surface area contributed by atoms with Crippen molar-refractivity contribution in [1.82, 2.24) is 15.2 Å². The number of methoxy groups -OCH3 is 1. The highest BCUT2D eigenvalue weighted by atomic mass is 35.5. The van der Waals surface area contributed by atoms with Gasteiger partial charge >= 0.3 is 5.97 Å². The summed E-state index contributed by atoms with van der Waals surface area (Å²) in [4.78, 5) is 18.3. The van der Waals surface area contributed by atoms with Crippen LogP contribution >= 0.6 is 11.6 Å². The molecule has 1 aromatic heterocycles. The lowest BCUT2D eigenvalue weighted by Gasteiger charge is -2.21. The van der Waals surface area contributed by atoms with Gasteiger partial charge in [0.15, 0.2) is 5.82 Å². The van der Waals surface area contributed by atoms with Crippen LogP contribution in [-0.4, -0.2) is 34.8 Å². The molecule has 0 spiro atoms. The van der Waals surface area contributed by atoms with Crippen molar-refractivity contribution in [3.05, 3.63) is 64.8 Å². The Kier molecular flexibility index (Phi) is 6.06. The number of ether oxygens (including phenoxy) is 1. The van der Waals surface area contributed by atoms with Gasteiger partial charge in [-0.05, 0) is 49.7 Å². The first-order valence-electron chi connectivity index (χ1n) is 8.70. The van der Waals surface area contributed by atoms with Crippen LogP contribution in [-0.2, 0) is 4.74 Å². The Morgan fingerprint density at radius 1 is 1.25 bits per heavy atom. The fraction of sp³-hybridized carbons (Fsp3) is 0.200. The van der Waals surface area contributed by atoms with Crippen molar-refractivity contribution >= 4 is 40.7 Å². The molecule has 0 aliphatic carbocycles. The third-order valence-electron chi connectivity index (χ3n) is 4.07. The summed E-state index contributed by atoms with van der Waals surface area (Å²) in [6, 6.07) is 12.9. The zero-order valence-electron chi connectivity index (χ0n) is 15.8. The largest absolute Gasteiger partial charge is 0.465 e. The molecule has 8 heteroatoms. The van der Waals surface area contributed by atoms with E-state index >= 15 is 0 Å². The Morgan fingerprint density at radius 3 is 2.79 bits per heavy atom. The maximum atomic E-state index is 11.8. The number of carbonyl (C=O) groups excluding carboxylic acids is 1. The number of nitrogens with zero attached hydrogens (tertiary/aromatic N) is 4. The molecule has 0 aliphatic heterocycles. The lowest BCUT2D eigenvalue weighted by atomic mass is 10.2. The first-order valence-corrected chi connectivity index (χ1v) is 9.08. The average Bonchev–Trinajstić information content (AvgIpc) is 2.70. The summed E-state index contributed by atoms with van der Waals surface area (Å²) >= 11 is 6.25. The number of aryl methyl sites for hydroxylation is 1. The van der Waals surface area contributed by atoms with Gasteiger partial charge in [0, 0.05) is 12.2 Å². The van der Waals surface area contributed by atoms with Gasteiger partial charge in [0.05, 0.1) is 29.6 Å². The summed E-state index contributed by atoms with van der Waals surface area (Å²) in [6.07, 6.45) is 1.49. The molecule has 3 aromatic rings. The normalized spacial score (nSPS) is 10.4. The molecule has 0 atom stereocenters. The maximum absolute atomic E-state index is 11.8. The highest BCUT2D eigenvalue weighted by Crippen LogP contribution is 2.28. The van der Waals surface area contributed by atoms with Crippen molar-refractivity contribution in [3.8, 4) is 0 Å². The van der Waals surface area contributed by atoms with Gasteiger partial charge in [-0.3, -0.25) is 0 Å². The van der Waals surface area contributed by atoms with E-state index < -0.39 is 5.97 Å². The van der Waals surface area contributed by atoms with E-state index in [1.54, 1.807) is 18.2 Å². The van der Waals surface area contributed by atoms with Crippen LogP contribution in [0.2, 0.25) is 5.02 Å². The van der Waals surface area contributed by atoms with E-state index in [0.29, 0.717) is 34.6 Å². The molecule has 0 saturated carbocycles. The fourth-order valence-corrected chi connectivity index (χ4v) is 2.87. The molecule has 2 aromatic carbocycles. The predicted molar refractivity (Wildman–Crippen MR) is 110 cm³/mol. The molecule has 0 unspecified atom stereocenters. The van der Waals surface area contributed by atoms with Crippen LogP contribution in [0.5, 0.6) is 0 Å². The van der Waals surface area contributed by atoms with E-state index in [2.05, 4.69) is 26.6 Å². The minimum absolute atomic E-state index is 0.381. The second-order valence-electron chi connectivity index (χ2n) is 6.04. The van der Waals surface area contributed by atoms with Crippen LogP contribution < -0.4 is 10.2 Å². The quantitative estimate of drug-likeness (QED) is 0.612. The first-order chi connectivity index (χ1) is 13.5. The van der Waals surface area contributed by atoms with Crippen molar-refractivity contribution in [1.29, 1.82) is 0 Å².